The van der Waals surface area contributed by atoms with Gasteiger partial charge in [0.15, 0.2) is 11.6 Å². The van der Waals surface area contributed by atoms with Gasteiger partial charge in [-0.25, -0.2) is 19.9 Å². The molecule has 11 rings (SSSR count). The van der Waals surface area contributed by atoms with Crippen LogP contribution in [-0.4, -0.2) is 19.9 Å². The Morgan fingerprint density at radius 2 is 0.926 bits per heavy atom. The summed E-state index contributed by atoms with van der Waals surface area (Å²) < 4.78 is 13.1. The molecule has 0 aliphatic rings. The van der Waals surface area contributed by atoms with Crippen molar-refractivity contribution < 1.29 is 8.83 Å². The number of fused-ring (bicyclic) bond motifs is 7. The molecule has 0 radical (unpaired) electrons. The maximum absolute atomic E-state index is 6.57. The molecule has 54 heavy (non-hydrogen) atoms. The molecule has 0 spiro atoms. The number of para-hydroxylation sites is 5. The van der Waals surface area contributed by atoms with E-state index in [1.54, 1.807) is 0 Å². The van der Waals surface area contributed by atoms with Crippen LogP contribution in [-0.2, 0) is 0 Å². The highest BCUT2D eigenvalue weighted by Gasteiger charge is 2.19. The summed E-state index contributed by atoms with van der Waals surface area (Å²) in [5.41, 5.74) is 11.4. The predicted octanol–water partition coefficient (Wildman–Crippen LogP) is 12.6. The van der Waals surface area contributed by atoms with Crippen LogP contribution < -0.4 is 0 Å². The van der Waals surface area contributed by atoms with E-state index in [2.05, 4.69) is 66.7 Å². The lowest BCUT2D eigenvalue weighted by Crippen LogP contribution is -1.99. The van der Waals surface area contributed by atoms with Gasteiger partial charge in [-0.2, -0.15) is 0 Å². The van der Waals surface area contributed by atoms with Crippen LogP contribution in [0, 0.1) is 0 Å². The summed E-state index contributed by atoms with van der Waals surface area (Å²) in [5.74, 6) is 1.12. The SMILES string of the molecule is c1ccc(-c2nc(-c3cc(-c4cccc5c4oc4ccccc45)cc(-c4cccc5c4oc4ccccc45)c3)cc(-c3ncc4ccccc4n3)n2)cc1. The molecule has 0 atom stereocenters. The van der Waals surface area contributed by atoms with Gasteiger partial charge in [0.2, 0.25) is 0 Å². The molecule has 11 aromatic rings. The van der Waals surface area contributed by atoms with E-state index in [1.807, 2.05) is 103 Å². The van der Waals surface area contributed by atoms with Gasteiger partial charge in [0.05, 0.1) is 11.2 Å². The monoisotopic (exact) mass is 692 g/mol. The highest BCUT2D eigenvalue weighted by Crippen LogP contribution is 2.42. The molecule has 0 aliphatic heterocycles. The Morgan fingerprint density at radius 3 is 1.61 bits per heavy atom. The molecule has 6 heteroatoms. The van der Waals surface area contributed by atoms with Crippen molar-refractivity contribution in [3.8, 4) is 56.4 Å². The quantitative estimate of drug-likeness (QED) is 0.179. The van der Waals surface area contributed by atoms with Crippen LogP contribution in [0.3, 0.4) is 0 Å². The van der Waals surface area contributed by atoms with Crippen molar-refractivity contribution in [2.75, 3.05) is 0 Å². The van der Waals surface area contributed by atoms with E-state index in [4.69, 9.17) is 28.8 Å². The van der Waals surface area contributed by atoms with Gasteiger partial charge in [0, 0.05) is 55.4 Å². The van der Waals surface area contributed by atoms with Gasteiger partial charge in [-0.1, -0.05) is 121 Å². The minimum atomic E-state index is 0.532. The van der Waals surface area contributed by atoms with E-state index < -0.39 is 0 Å². The number of aromatic nitrogens is 4. The zero-order valence-electron chi connectivity index (χ0n) is 28.8. The van der Waals surface area contributed by atoms with E-state index in [-0.39, 0.29) is 0 Å². The molecule has 0 saturated heterocycles. The number of hydrogen-bond acceptors (Lipinski definition) is 6. The third-order valence-electron chi connectivity index (χ3n) is 10.1. The highest BCUT2D eigenvalue weighted by molar-refractivity contribution is 6.11. The molecular formula is C48H28N4O2. The molecule has 0 saturated carbocycles. The Bertz CT molecular complexity index is 3100. The van der Waals surface area contributed by atoms with E-state index in [9.17, 15) is 0 Å². The number of hydrogen-bond donors (Lipinski definition) is 0. The normalized spacial score (nSPS) is 11.7. The molecule has 0 N–H and O–H groups in total. The van der Waals surface area contributed by atoms with Crippen molar-refractivity contribution in [3.05, 3.63) is 170 Å². The first-order valence-electron chi connectivity index (χ1n) is 17.9. The third-order valence-corrected chi connectivity index (χ3v) is 10.1. The summed E-state index contributed by atoms with van der Waals surface area (Å²) >= 11 is 0. The van der Waals surface area contributed by atoms with Gasteiger partial charge in [0.25, 0.3) is 0 Å². The van der Waals surface area contributed by atoms with Crippen LogP contribution in [0.25, 0.3) is 111 Å². The fraction of sp³-hybridized carbons (Fsp3) is 0. The lowest BCUT2D eigenvalue weighted by atomic mass is 9.93. The lowest BCUT2D eigenvalue weighted by molar-refractivity contribution is 0.670. The Balaban J connectivity index is 1.19. The van der Waals surface area contributed by atoms with Gasteiger partial charge < -0.3 is 8.83 Å². The van der Waals surface area contributed by atoms with Crippen LogP contribution in [0.15, 0.2) is 179 Å². The van der Waals surface area contributed by atoms with Crippen LogP contribution >= 0.6 is 0 Å². The van der Waals surface area contributed by atoms with Crippen LogP contribution in [0.5, 0.6) is 0 Å². The molecule has 252 valence electrons. The number of rotatable bonds is 5. The molecule has 0 amide bonds. The maximum Gasteiger partial charge on any atom is 0.178 e. The Kier molecular flexibility index (Phi) is 6.75. The van der Waals surface area contributed by atoms with Gasteiger partial charge in [0.1, 0.15) is 28.0 Å². The number of nitrogens with zero attached hydrogens (tertiary/aromatic N) is 4. The fourth-order valence-corrected chi connectivity index (χ4v) is 7.56. The molecule has 6 nitrogen and oxygen atoms in total. The minimum Gasteiger partial charge on any atom is -0.455 e. The number of benzene rings is 7. The first-order valence-corrected chi connectivity index (χ1v) is 17.9. The number of furan rings is 2. The average Bonchev–Trinajstić information content (AvgIpc) is 3.82. The lowest BCUT2D eigenvalue weighted by Gasteiger charge is -2.13. The molecule has 0 bridgehead atoms. The zero-order chi connectivity index (χ0) is 35.6. The second-order valence-electron chi connectivity index (χ2n) is 13.4. The van der Waals surface area contributed by atoms with Crippen molar-refractivity contribution in [1.82, 2.24) is 19.9 Å². The first kappa shape index (κ1) is 30.2. The molecule has 0 aliphatic carbocycles. The summed E-state index contributed by atoms with van der Waals surface area (Å²) in [6.45, 7) is 0. The third kappa shape index (κ3) is 4.96. The van der Waals surface area contributed by atoms with E-state index in [0.717, 1.165) is 93.9 Å². The largest absolute Gasteiger partial charge is 0.455 e. The van der Waals surface area contributed by atoms with Crippen LogP contribution in [0.4, 0.5) is 0 Å². The van der Waals surface area contributed by atoms with E-state index in [1.165, 1.54) is 0 Å². The van der Waals surface area contributed by atoms with Gasteiger partial charge in [-0.05, 0) is 53.6 Å². The van der Waals surface area contributed by atoms with Gasteiger partial charge in [-0.15, -0.1) is 0 Å². The van der Waals surface area contributed by atoms with Crippen LogP contribution in [0.1, 0.15) is 0 Å². The second kappa shape index (κ2) is 12.1. The van der Waals surface area contributed by atoms with E-state index in [0.29, 0.717) is 17.3 Å². The summed E-state index contributed by atoms with van der Waals surface area (Å²) in [4.78, 5) is 19.9. The van der Waals surface area contributed by atoms with Gasteiger partial charge in [-0.3, -0.25) is 0 Å². The fourth-order valence-electron chi connectivity index (χ4n) is 7.56. The minimum absolute atomic E-state index is 0.532. The maximum atomic E-state index is 6.57. The molecule has 4 heterocycles. The van der Waals surface area contributed by atoms with Crippen molar-refractivity contribution in [2.24, 2.45) is 0 Å². The smallest absolute Gasteiger partial charge is 0.178 e. The Hall–Kier alpha value is -7.44. The molecule has 4 aromatic heterocycles. The summed E-state index contributed by atoms with van der Waals surface area (Å²) in [6, 6.07) is 55.7. The van der Waals surface area contributed by atoms with E-state index >= 15 is 0 Å². The summed E-state index contributed by atoms with van der Waals surface area (Å²) in [7, 11) is 0. The zero-order valence-corrected chi connectivity index (χ0v) is 28.8. The highest BCUT2D eigenvalue weighted by atomic mass is 16.3. The summed E-state index contributed by atoms with van der Waals surface area (Å²) in [6.07, 6.45) is 1.85. The molecule has 7 aromatic carbocycles. The Labute approximate surface area is 309 Å². The van der Waals surface area contributed by atoms with Crippen molar-refractivity contribution in [1.29, 1.82) is 0 Å². The first-order chi connectivity index (χ1) is 26.7. The van der Waals surface area contributed by atoms with Crippen molar-refractivity contribution >= 4 is 54.8 Å². The standard InChI is InChI=1S/C48H28N4O2/c1-2-12-29(13-3-1)47-51-41(27-42(52-47)48-49-28-30-14-4-7-21-40(30)50-48)33-25-31(34-17-10-19-38-36-15-5-8-22-43(36)53-45(34)38)24-32(26-33)35-18-11-20-39-37-16-6-9-23-44(37)54-46(35)39/h1-28H. The molecular weight excluding hydrogens is 665 g/mol. The Morgan fingerprint density at radius 1 is 0.370 bits per heavy atom. The van der Waals surface area contributed by atoms with Crippen molar-refractivity contribution in [3.63, 3.8) is 0 Å². The average molecular weight is 693 g/mol. The molecule has 0 fully saturated rings. The second-order valence-corrected chi connectivity index (χ2v) is 13.4. The van der Waals surface area contributed by atoms with Crippen LogP contribution in [0.2, 0.25) is 0 Å². The topological polar surface area (TPSA) is 77.8 Å². The predicted molar refractivity (Wildman–Crippen MR) is 217 cm³/mol. The van der Waals surface area contributed by atoms with Crippen molar-refractivity contribution in [2.45, 2.75) is 0 Å². The summed E-state index contributed by atoms with van der Waals surface area (Å²) in [5, 5.41) is 5.27. The molecule has 0 unspecified atom stereocenters. The van der Waals surface area contributed by atoms with Gasteiger partial charge >= 0.3 is 0 Å².